The van der Waals surface area contributed by atoms with Crippen LogP contribution in [0.4, 0.5) is 0 Å². The number of hydrogen-bond donors (Lipinski definition) is 9. The first-order chi connectivity index (χ1) is 25.2. The Morgan fingerprint density at radius 3 is 1.91 bits per heavy atom. The van der Waals surface area contributed by atoms with E-state index < -0.39 is 72.0 Å². The molecule has 0 saturated carbocycles. The average molecular weight is 762 g/mol. The highest BCUT2D eigenvalue weighted by molar-refractivity contribution is 6.17. The molecule has 1 aliphatic heterocycles. The summed E-state index contributed by atoms with van der Waals surface area (Å²) in [6, 6.07) is 5.45. The van der Waals surface area contributed by atoms with Crippen LogP contribution in [-0.4, -0.2) is 115 Å². The number of unbranched alkanes of at least 4 members (excludes halogenated alkanes) is 4. The first-order valence-electron chi connectivity index (χ1n) is 17.9. The third kappa shape index (κ3) is 13.5. The number of rotatable bonds is 21. The SMILES string of the molecule is C[C@@H](O)[C@H](NC(=O)[C@@H](O)[C@@H](N)CCCCCCCCl)C(=O)N1CCC[C@H]1C(=O)N[C@H](Cc1ccc(O)cc1)C(=O)N[C@H](Cc1ccc(O)cc1)C(=O)O. The van der Waals surface area contributed by atoms with E-state index in [0.29, 0.717) is 36.3 Å². The van der Waals surface area contributed by atoms with Gasteiger partial charge in [0.2, 0.25) is 17.7 Å². The van der Waals surface area contributed by atoms with Gasteiger partial charge in [-0.3, -0.25) is 19.2 Å². The summed E-state index contributed by atoms with van der Waals surface area (Å²) in [6.45, 7) is 1.39. The number of phenols is 2. The fraction of sp³-hybridized carbons (Fsp3) is 0.541. The molecule has 292 valence electrons. The fourth-order valence-electron chi connectivity index (χ4n) is 6.15. The van der Waals surface area contributed by atoms with Crippen molar-refractivity contribution >= 4 is 41.2 Å². The molecule has 1 heterocycles. The van der Waals surface area contributed by atoms with E-state index in [4.69, 9.17) is 17.3 Å². The van der Waals surface area contributed by atoms with Gasteiger partial charge in [-0.25, -0.2) is 4.79 Å². The fourth-order valence-corrected chi connectivity index (χ4v) is 6.34. The minimum absolute atomic E-state index is 0.0135. The number of nitrogens with one attached hydrogen (secondary N) is 3. The number of amides is 4. The second kappa shape index (κ2) is 21.3. The number of carbonyl (C=O) groups excluding carboxylic acids is 4. The Balaban J connectivity index is 1.72. The summed E-state index contributed by atoms with van der Waals surface area (Å²) >= 11 is 5.70. The van der Waals surface area contributed by atoms with Gasteiger partial charge in [0.25, 0.3) is 5.91 Å². The van der Waals surface area contributed by atoms with Crippen molar-refractivity contribution in [2.75, 3.05) is 12.4 Å². The van der Waals surface area contributed by atoms with Gasteiger partial charge < -0.3 is 52.1 Å². The van der Waals surface area contributed by atoms with Crippen LogP contribution in [0.1, 0.15) is 69.4 Å². The lowest BCUT2D eigenvalue weighted by Crippen LogP contribution is -2.60. The monoisotopic (exact) mass is 761 g/mol. The quantitative estimate of drug-likeness (QED) is 0.0643. The van der Waals surface area contributed by atoms with E-state index in [2.05, 4.69) is 16.0 Å². The van der Waals surface area contributed by atoms with Gasteiger partial charge in [0.15, 0.2) is 0 Å². The minimum Gasteiger partial charge on any atom is -0.508 e. The molecule has 1 aliphatic rings. The van der Waals surface area contributed by atoms with E-state index >= 15 is 0 Å². The number of nitrogens with two attached hydrogens (primary N) is 1. The summed E-state index contributed by atoms with van der Waals surface area (Å²) < 4.78 is 0. The van der Waals surface area contributed by atoms with Gasteiger partial charge in [-0.05, 0) is 68.0 Å². The number of hydrogen-bond acceptors (Lipinski definition) is 10. The minimum atomic E-state index is -1.65. The van der Waals surface area contributed by atoms with Crippen molar-refractivity contribution in [1.29, 1.82) is 0 Å². The number of nitrogens with zero attached hydrogens (tertiary/aromatic N) is 1. The Morgan fingerprint density at radius 1 is 0.811 bits per heavy atom. The third-order valence-electron chi connectivity index (χ3n) is 9.23. The van der Waals surface area contributed by atoms with Crippen molar-refractivity contribution in [2.45, 2.75) is 114 Å². The molecule has 4 amide bonds. The molecule has 53 heavy (non-hydrogen) atoms. The number of carbonyl (C=O) groups is 5. The van der Waals surface area contributed by atoms with Crippen LogP contribution in [0.5, 0.6) is 11.5 Å². The highest BCUT2D eigenvalue weighted by Crippen LogP contribution is 2.21. The molecule has 0 spiro atoms. The molecule has 0 aromatic heterocycles. The molecule has 2 aromatic carbocycles. The van der Waals surface area contributed by atoms with Crippen molar-refractivity contribution < 1.29 is 49.5 Å². The molecule has 7 atom stereocenters. The average Bonchev–Trinajstić information content (AvgIpc) is 3.62. The normalized spacial score (nSPS) is 17.5. The number of carboxylic acids is 1. The maximum atomic E-state index is 13.8. The van der Waals surface area contributed by atoms with Crippen molar-refractivity contribution in [3.8, 4) is 11.5 Å². The predicted octanol–water partition coefficient (Wildman–Crippen LogP) is 1.06. The van der Waals surface area contributed by atoms with Gasteiger partial charge in [0.1, 0.15) is 41.8 Å². The first kappa shape index (κ1) is 43.0. The zero-order chi connectivity index (χ0) is 39.1. The number of benzene rings is 2. The molecule has 15 nitrogen and oxygen atoms in total. The molecule has 1 fully saturated rings. The highest BCUT2D eigenvalue weighted by Gasteiger charge is 2.41. The molecule has 2 aromatic rings. The van der Waals surface area contributed by atoms with Crippen LogP contribution in [0.3, 0.4) is 0 Å². The lowest BCUT2D eigenvalue weighted by molar-refractivity contribution is -0.146. The van der Waals surface area contributed by atoms with Crippen LogP contribution in [0.2, 0.25) is 0 Å². The van der Waals surface area contributed by atoms with Crippen molar-refractivity contribution in [3.63, 3.8) is 0 Å². The largest absolute Gasteiger partial charge is 0.508 e. The number of aromatic hydroxyl groups is 2. The molecule has 1 saturated heterocycles. The van der Waals surface area contributed by atoms with Crippen molar-refractivity contribution in [3.05, 3.63) is 59.7 Å². The van der Waals surface area contributed by atoms with Crippen LogP contribution in [0.25, 0.3) is 0 Å². The van der Waals surface area contributed by atoms with E-state index in [-0.39, 0.29) is 37.3 Å². The van der Waals surface area contributed by atoms with Gasteiger partial charge in [-0.2, -0.15) is 0 Å². The van der Waals surface area contributed by atoms with Crippen LogP contribution < -0.4 is 21.7 Å². The van der Waals surface area contributed by atoms with Crippen molar-refractivity contribution in [1.82, 2.24) is 20.9 Å². The number of likely N-dealkylation sites (tertiary alicyclic amines) is 1. The molecule has 0 bridgehead atoms. The van der Waals surface area contributed by atoms with E-state index in [1.807, 2.05) is 0 Å². The summed E-state index contributed by atoms with van der Waals surface area (Å²) in [6.07, 6.45) is 2.03. The van der Waals surface area contributed by atoms with Gasteiger partial charge in [-0.1, -0.05) is 49.9 Å². The Labute approximate surface area is 313 Å². The second-order valence-electron chi connectivity index (χ2n) is 13.5. The van der Waals surface area contributed by atoms with E-state index in [9.17, 15) is 49.5 Å². The zero-order valence-corrected chi connectivity index (χ0v) is 30.6. The number of phenolic OH excluding ortho intramolecular Hbond substituents is 2. The molecular formula is C37H52ClN5O10. The second-order valence-corrected chi connectivity index (χ2v) is 13.9. The topological polar surface area (TPSA) is 252 Å². The standard InChI is InChI=1S/C37H52ClN5O10/c1-22(44)31(42-35(50)32(47)27(39)8-5-3-2-4-6-18-38)36(51)43-19-7-9-30(43)34(49)40-28(20-23-10-14-25(45)15-11-23)33(48)41-29(37(52)53)21-24-12-16-26(46)17-13-24/h10-17,22,27-32,44-47H,2-9,18-21,39H2,1H3,(H,40,49)(H,41,48)(H,42,50)(H,52,53)/t22-,27+,28-,29-,30+,31+,32+/m1/s1. The number of carboxylic acid groups (broad SMARTS) is 1. The highest BCUT2D eigenvalue weighted by atomic mass is 35.5. The zero-order valence-electron chi connectivity index (χ0n) is 29.8. The Kier molecular flexibility index (Phi) is 17.3. The van der Waals surface area contributed by atoms with Crippen LogP contribution in [0.15, 0.2) is 48.5 Å². The van der Waals surface area contributed by atoms with Crippen LogP contribution in [0, 0.1) is 0 Å². The number of aliphatic hydroxyl groups is 2. The van der Waals surface area contributed by atoms with Crippen molar-refractivity contribution in [2.24, 2.45) is 5.73 Å². The van der Waals surface area contributed by atoms with Gasteiger partial charge in [0, 0.05) is 31.3 Å². The summed E-state index contributed by atoms with van der Waals surface area (Å²) in [7, 11) is 0. The van der Waals surface area contributed by atoms with Gasteiger partial charge >= 0.3 is 5.97 Å². The molecule has 0 unspecified atom stereocenters. The molecule has 3 rings (SSSR count). The summed E-state index contributed by atoms with van der Waals surface area (Å²) in [5, 5.41) is 57.8. The molecule has 10 N–H and O–H groups in total. The van der Waals surface area contributed by atoms with E-state index in [0.717, 1.165) is 25.7 Å². The van der Waals surface area contributed by atoms with Crippen LogP contribution >= 0.6 is 11.6 Å². The Bertz CT molecular complexity index is 1510. The Morgan fingerprint density at radius 2 is 1.36 bits per heavy atom. The molecule has 16 heteroatoms. The van der Waals surface area contributed by atoms with E-state index in [1.54, 1.807) is 0 Å². The van der Waals surface area contributed by atoms with E-state index in [1.165, 1.54) is 60.4 Å². The van der Waals surface area contributed by atoms with Gasteiger partial charge in [-0.15, -0.1) is 11.6 Å². The molecule has 0 radical (unpaired) electrons. The predicted molar refractivity (Wildman–Crippen MR) is 196 cm³/mol. The smallest absolute Gasteiger partial charge is 0.326 e. The lowest BCUT2D eigenvalue weighted by Gasteiger charge is -2.31. The molecule has 0 aliphatic carbocycles. The summed E-state index contributed by atoms with van der Waals surface area (Å²) in [4.78, 5) is 67.4. The number of aliphatic hydroxyl groups excluding tert-OH is 2. The number of halogens is 1. The maximum absolute atomic E-state index is 13.8. The number of alkyl halides is 1. The maximum Gasteiger partial charge on any atom is 0.326 e. The third-order valence-corrected chi connectivity index (χ3v) is 9.50. The summed E-state index contributed by atoms with van der Waals surface area (Å²) in [5.41, 5.74) is 7.13. The Hall–Kier alpha value is -4.44. The summed E-state index contributed by atoms with van der Waals surface area (Å²) in [5.74, 6) is -4.03. The van der Waals surface area contributed by atoms with Gasteiger partial charge in [0.05, 0.1) is 6.10 Å². The number of aliphatic carboxylic acids is 1. The first-order valence-corrected chi connectivity index (χ1v) is 18.4. The lowest BCUT2D eigenvalue weighted by atomic mass is 10.0. The molecular weight excluding hydrogens is 710 g/mol. The van der Waals surface area contributed by atoms with Crippen LogP contribution in [-0.2, 0) is 36.8 Å².